The molecule has 76 valence electrons. The third-order valence-corrected chi connectivity index (χ3v) is 3.01. The highest BCUT2D eigenvalue weighted by Crippen LogP contribution is 2.36. The van der Waals surface area contributed by atoms with Gasteiger partial charge in [-0.1, -0.05) is 6.08 Å². The average molecular weight is 193 g/mol. The number of hydrogen-bond donors (Lipinski definition) is 1. The minimum absolute atomic E-state index is 0.159. The van der Waals surface area contributed by atoms with Gasteiger partial charge in [-0.05, 0) is 31.4 Å². The van der Waals surface area contributed by atoms with E-state index in [2.05, 4.69) is 5.32 Å². The molecule has 0 bridgehead atoms. The standard InChI is InChI=1S/C11H15NO2/c1-14-9-3-6-11(7-4-9)5-2-8-12-10(11)13/h3-4,6H,2,5,7-8H2,1H3,(H,12,13)/t11-/m0/s1. The van der Waals surface area contributed by atoms with Gasteiger partial charge in [0.2, 0.25) is 5.91 Å². The number of amides is 1. The summed E-state index contributed by atoms with van der Waals surface area (Å²) < 4.78 is 5.10. The molecular weight excluding hydrogens is 178 g/mol. The molecule has 1 saturated heterocycles. The molecule has 1 aliphatic heterocycles. The highest BCUT2D eigenvalue weighted by molar-refractivity contribution is 5.85. The Balaban J connectivity index is 2.16. The van der Waals surface area contributed by atoms with Crippen LogP contribution < -0.4 is 5.32 Å². The summed E-state index contributed by atoms with van der Waals surface area (Å²) in [5, 5.41) is 2.92. The molecule has 3 heteroatoms. The first kappa shape index (κ1) is 9.31. The zero-order chi connectivity index (χ0) is 10.0. The zero-order valence-electron chi connectivity index (χ0n) is 8.38. The summed E-state index contributed by atoms with van der Waals surface area (Å²) in [5.74, 6) is 1.01. The Bertz CT molecular complexity index is 306. The number of piperidine rings is 1. The Hall–Kier alpha value is -1.25. The monoisotopic (exact) mass is 193 g/mol. The molecule has 1 atom stereocenters. The third kappa shape index (κ3) is 1.43. The summed E-state index contributed by atoms with van der Waals surface area (Å²) in [6, 6.07) is 0. The van der Waals surface area contributed by atoms with Gasteiger partial charge in [0.05, 0.1) is 12.5 Å². The number of methoxy groups -OCH3 is 1. The Labute approximate surface area is 83.8 Å². The average Bonchev–Trinajstić information content (AvgIpc) is 2.24. The number of nitrogens with one attached hydrogen (secondary N) is 1. The molecule has 0 unspecified atom stereocenters. The number of carbonyl (C=O) groups is 1. The molecule has 3 nitrogen and oxygen atoms in total. The fourth-order valence-corrected chi connectivity index (χ4v) is 2.06. The van der Waals surface area contributed by atoms with Crippen molar-refractivity contribution in [3.05, 3.63) is 24.0 Å². The number of rotatable bonds is 1. The second-order valence-corrected chi connectivity index (χ2v) is 3.86. The summed E-state index contributed by atoms with van der Waals surface area (Å²) in [6.07, 6.45) is 8.65. The van der Waals surface area contributed by atoms with E-state index in [0.29, 0.717) is 0 Å². The quantitative estimate of drug-likeness (QED) is 0.683. The van der Waals surface area contributed by atoms with Crippen molar-refractivity contribution in [1.82, 2.24) is 5.32 Å². The number of ether oxygens (including phenoxy) is 1. The van der Waals surface area contributed by atoms with Crippen LogP contribution in [0.25, 0.3) is 0 Å². The highest BCUT2D eigenvalue weighted by Gasteiger charge is 2.38. The minimum Gasteiger partial charge on any atom is -0.497 e. The first-order valence-corrected chi connectivity index (χ1v) is 4.98. The van der Waals surface area contributed by atoms with Gasteiger partial charge in [0.25, 0.3) is 0 Å². The summed E-state index contributed by atoms with van der Waals surface area (Å²) in [6.45, 7) is 0.815. The molecule has 0 radical (unpaired) electrons. The first-order valence-electron chi connectivity index (χ1n) is 4.98. The number of hydrogen-bond acceptors (Lipinski definition) is 2. The SMILES string of the molecule is COC1=CC[C@@]2(C=C1)CCCNC2=O. The van der Waals surface area contributed by atoms with E-state index in [1.54, 1.807) is 7.11 Å². The van der Waals surface area contributed by atoms with Crippen molar-refractivity contribution in [2.24, 2.45) is 5.41 Å². The van der Waals surface area contributed by atoms with E-state index in [0.717, 1.165) is 31.6 Å². The lowest BCUT2D eigenvalue weighted by atomic mass is 9.75. The van der Waals surface area contributed by atoms with Crippen LogP contribution in [0.15, 0.2) is 24.0 Å². The van der Waals surface area contributed by atoms with Crippen molar-refractivity contribution in [2.75, 3.05) is 13.7 Å². The van der Waals surface area contributed by atoms with Crippen LogP contribution in [0.2, 0.25) is 0 Å². The Morgan fingerprint density at radius 2 is 2.43 bits per heavy atom. The molecule has 1 N–H and O–H groups in total. The van der Waals surface area contributed by atoms with Gasteiger partial charge in [-0.3, -0.25) is 4.79 Å². The fraction of sp³-hybridized carbons (Fsp3) is 0.545. The summed E-state index contributed by atoms with van der Waals surface area (Å²) in [7, 11) is 1.65. The normalized spacial score (nSPS) is 31.2. The van der Waals surface area contributed by atoms with Crippen LogP contribution in [0.3, 0.4) is 0 Å². The maximum Gasteiger partial charge on any atom is 0.230 e. The Morgan fingerprint density at radius 1 is 1.57 bits per heavy atom. The molecule has 0 aromatic carbocycles. The molecule has 1 spiro atoms. The largest absolute Gasteiger partial charge is 0.497 e. The van der Waals surface area contributed by atoms with Crippen LogP contribution in [-0.2, 0) is 9.53 Å². The van der Waals surface area contributed by atoms with Gasteiger partial charge in [0.15, 0.2) is 0 Å². The summed E-state index contributed by atoms with van der Waals surface area (Å²) in [5.41, 5.74) is -0.291. The van der Waals surface area contributed by atoms with Gasteiger partial charge >= 0.3 is 0 Å². The van der Waals surface area contributed by atoms with Crippen LogP contribution in [-0.4, -0.2) is 19.6 Å². The lowest BCUT2D eigenvalue weighted by Crippen LogP contribution is -2.45. The smallest absolute Gasteiger partial charge is 0.230 e. The van der Waals surface area contributed by atoms with Crippen LogP contribution in [0.4, 0.5) is 0 Å². The van der Waals surface area contributed by atoms with Crippen molar-refractivity contribution in [3.8, 4) is 0 Å². The number of allylic oxidation sites excluding steroid dienone is 2. The molecule has 1 amide bonds. The maximum absolute atomic E-state index is 11.7. The highest BCUT2D eigenvalue weighted by atomic mass is 16.5. The first-order chi connectivity index (χ1) is 6.77. The molecule has 1 aliphatic carbocycles. The van der Waals surface area contributed by atoms with E-state index in [1.165, 1.54) is 0 Å². The lowest BCUT2D eigenvalue weighted by Gasteiger charge is -2.34. The van der Waals surface area contributed by atoms with Gasteiger partial charge in [0, 0.05) is 6.54 Å². The second kappa shape index (κ2) is 3.48. The lowest BCUT2D eigenvalue weighted by molar-refractivity contribution is -0.130. The van der Waals surface area contributed by atoms with Crippen LogP contribution in [0.1, 0.15) is 19.3 Å². The van der Waals surface area contributed by atoms with E-state index in [1.807, 2.05) is 18.2 Å². The van der Waals surface area contributed by atoms with Crippen molar-refractivity contribution >= 4 is 5.91 Å². The Morgan fingerprint density at radius 3 is 3.00 bits per heavy atom. The molecular formula is C11H15NO2. The van der Waals surface area contributed by atoms with E-state index in [4.69, 9.17) is 4.74 Å². The topological polar surface area (TPSA) is 38.3 Å². The maximum atomic E-state index is 11.7. The van der Waals surface area contributed by atoms with Crippen molar-refractivity contribution < 1.29 is 9.53 Å². The molecule has 2 rings (SSSR count). The van der Waals surface area contributed by atoms with Crippen LogP contribution in [0.5, 0.6) is 0 Å². The fourth-order valence-electron chi connectivity index (χ4n) is 2.06. The van der Waals surface area contributed by atoms with E-state index >= 15 is 0 Å². The molecule has 2 aliphatic rings. The van der Waals surface area contributed by atoms with Crippen molar-refractivity contribution in [1.29, 1.82) is 0 Å². The van der Waals surface area contributed by atoms with Crippen molar-refractivity contribution in [3.63, 3.8) is 0 Å². The van der Waals surface area contributed by atoms with E-state index in [-0.39, 0.29) is 11.3 Å². The second-order valence-electron chi connectivity index (χ2n) is 3.86. The molecule has 0 aromatic rings. The van der Waals surface area contributed by atoms with Crippen LogP contribution in [0, 0.1) is 5.41 Å². The third-order valence-electron chi connectivity index (χ3n) is 3.01. The molecule has 14 heavy (non-hydrogen) atoms. The molecule has 0 aromatic heterocycles. The number of carbonyl (C=O) groups excluding carboxylic acids is 1. The van der Waals surface area contributed by atoms with Gasteiger partial charge in [-0.25, -0.2) is 0 Å². The summed E-state index contributed by atoms with van der Waals surface area (Å²) in [4.78, 5) is 11.7. The molecule has 0 saturated carbocycles. The van der Waals surface area contributed by atoms with E-state index < -0.39 is 0 Å². The zero-order valence-corrected chi connectivity index (χ0v) is 8.38. The van der Waals surface area contributed by atoms with Gasteiger partial charge in [0.1, 0.15) is 5.76 Å². The van der Waals surface area contributed by atoms with Crippen molar-refractivity contribution in [2.45, 2.75) is 19.3 Å². The van der Waals surface area contributed by atoms with Gasteiger partial charge in [-0.2, -0.15) is 0 Å². The Kier molecular flexibility index (Phi) is 2.32. The van der Waals surface area contributed by atoms with E-state index in [9.17, 15) is 4.79 Å². The predicted molar refractivity (Wildman–Crippen MR) is 53.5 cm³/mol. The summed E-state index contributed by atoms with van der Waals surface area (Å²) >= 11 is 0. The minimum atomic E-state index is -0.291. The molecule has 1 heterocycles. The van der Waals surface area contributed by atoms with Gasteiger partial charge < -0.3 is 10.1 Å². The van der Waals surface area contributed by atoms with Crippen LogP contribution >= 0.6 is 0 Å². The van der Waals surface area contributed by atoms with Gasteiger partial charge in [-0.15, -0.1) is 0 Å². The predicted octanol–water partition coefficient (Wildman–Crippen LogP) is 1.37. The molecule has 1 fully saturated rings.